The Morgan fingerprint density at radius 1 is 1.35 bits per heavy atom. The van der Waals surface area contributed by atoms with Crippen molar-refractivity contribution in [2.45, 2.75) is 38.8 Å². The van der Waals surface area contributed by atoms with Crippen molar-refractivity contribution in [3.05, 3.63) is 28.2 Å². The molecule has 0 aliphatic carbocycles. The average molecular weight is 341 g/mol. The molecule has 110 valence electrons. The molecule has 1 aromatic rings. The Kier molecular flexibility index (Phi) is 5.43. The Morgan fingerprint density at radius 3 is 2.70 bits per heavy atom. The van der Waals surface area contributed by atoms with Crippen LogP contribution in [0.4, 0.5) is 0 Å². The van der Waals surface area contributed by atoms with Gasteiger partial charge >= 0.3 is 0 Å². The number of rotatable bonds is 4. The number of carbonyl (C=O) groups excluding carboxylic acids is 1. The number of amides is 1. The van der Waals surface area contributed by atoms with Gasteiger partial charge in [-0.05, 0) is 58.0 Å². The van der Waals surface area contributed by atoms with Crippen molar-refractivity contribution in [3.63, 3.8) is 0 Å². The van der Waals surface area contributed by atoms with E-state index in [4.69, 9.17) is 4.74 Å². The first-order chi connectivity index (χ1) is 9.54. The van der Waals surface area contributed by atoms with Gasteiger partial charge in [0.05, 0.1) is 6.10 Å². The summed E-state index contributed by atoms with van der Waals surface area (Å²) in [5, 5.41) is 6.38. The van der Waals surface area contributed by atoms with Gasteiger partial charge < -0.3 is 15.4 Å². The van der Waals surface area contributed by atoms with E-state index in [9.17, 15) is 4.79 Å². The van der Waals surface area contributed by atoms with Crippen LogP contribution in [0.2, 0.25) is 0 Å². The van der Waals surface area contributed by atoms with Crippen molar-refractivity contribution < 1.29 is 9.53 Å². The number of benzene rings is 1. The summed E-state index contributed by atoms with van der Waals surface area (Å²) in [5.41, 5.74) is 0.633. The topological polar surface area (TPSA) is 50.4 Å². The predicted molar refractivity (Wildman–Crippen MR) is 83.3 cm³/mol. The molecule has 1 fully saturated rings. The monoisotopic (exact) mass is 340 g/mol. The van der Waals surface area contributed by atoms with Crippen molar-refractivity contribution >= 4 is 21.8 Å². The largest absolute Gasteiger partial charge is 0.491 e. The van der Waals surface area contributed by atoms with Crippen molar-refractivity contribution in [3.8, 4) is 5.75 Å². The Labute approximate surface area is 128 Å². The molecule has 1 heterocycles. The summed E-state index contributed by atoms with van der Waals surface area (Å²) in [6.45, 7) is 5.86. The van der Waals surface area contributed by atoms with Gasteiger partial charge in [0, 0.05) is 16.1 Å². The fourth-order valence-corrected chi connectivity index (χ4v) is 2.74. The number of piperidine rings is 1. The summed E-state index contributed by atoms with van der Waals surface area (Å²) in [5.74, 6) is 0.677. The lowest BCUT2D eigenvalue weighted by Gasteiger charge is -2.23. The molecule has 4 nitrogen and oxygen atoms in total. The minimum Gasteiger partial charge on any atom is -0.491 e. The highest BCUT2D eigenvalue weighted by molar-refractivity contribution is 9.10. The highest BCUT2D eigenvalue weighted by Gasteiger charge is 2.17. The molecular formula is C15H21BrN2O2. The van der Waals surface area contributed by atoms with Gasteiger partial charge in [-0.2, -0.15) is 0 Å². The maximum Gasteiger partial charge on any atom is 0.251 e. The molecule has 20 heavy (non-hydrogen) atoms. The second-order valence-electron chi connectivity index (χ2n) is 5.34. The van der Waals surface area contributed by atoms with E-state index in [1.165, 1.54) is 0 Å². The molecule has 0 bridgehead atoms. The first-order valence-corrected chi connectivity index (χ1v) is 7.82. The smallest absolute Gasteiger partial charge is 0.251 e. The van der Waals surface area contributed by atoms with E-state index >= 15 is 0 Å². The number of ether oxygens (including phenoxy) is 1. The maximum absolute atomic E-state index is 12.3. The van der Waals surface area contributed by atoms with Crippen LogP contribution in [-0.4, -0.2) is 31.1 Å². The third-order valence-corrected chi connectivity index (χ3v) is 3.64. The van der Waals surface area contributed by atoms with E-state index in [-0.39, 0.29) is 18.1 Å². The number of hydrogen-bond donors (Lipinski definition) is 2. The summed E-state index contributed by atoms with van der Waals surface area (Å²) >= 11 is 3.43. The zero-order chi connectivity index (χ0) is 14.5. The third-order valence-electron chi connectivity index (χ3n) is 3.18. The van der Waals surface area contributed by atoms with E-state index < -0.39 is 0 Å². The lowest BCUT2D eigenvalue weighted by Crippen LogP contribution is -2.42. The molecule has 0 atom stereocenters. The van der Waals surface area contributed by atoms with E-state index in [1.54, 1.807) is 6.07 Å². The molecule has 1 aliphatic heterocycles. The van der Waals surface area contributed by atoms with Crippen LogP contribution in [0, 0.1) is 0 Å². The van der Waals surface area contributed by atoms with Crippen molar-refractivity contribution in [2.75, 3.05) is 13.1 Å². The van der Waals surface area contributed by atoms with Crippen molar-refractivity contribution in [1.82, 2.24) is 10.6 Å². The van der Waals surface area contributed by atoms with Crippen LogP contribution in [0.3, 0.4) is 0 Å². The van der Waals surface area contributed by atoms with Crippen LogP contribution < -0.4 is 15.4 Å². The summed E-state index contributed by atoms with van der Waals surface area (Å²) in [6, 6.07) is 5.75. The van der Waals surface area contributed by atoms with Crippen LogP contribution in [0.1, 0.15) is 37.0 Å². The number of carbonyl (C=O) groups is 1. The molecule has 0 aromatic heterocycles. The fraction of sp³-hybridized carbons (Fsp3) is 0.533. The molecule has 0 saturated carbocycles. The number of hydrogen-bond acceptors (Lipinski definition) is 3. The molecule has 0 spiro atoms. The number of halogens is 1. The summed E-state index contributed by atoms with van der Waals surface area (Å²) in [6.07, 6.45) is 2.05. The summed E-state index contributed by atoms with van der Waals surface area (Å²) in [7, 11) is 0. The molecule has 2 N–H and O–H groups in total. The summed E-state index contributed by atoms with van der Waals surface area (Å²) < 4.78 is 6.51. The fourth-order valence-electron chi connectivity index (χ4n) is 2.27. The molecule has 1 aliphatic rings. The van der Waals surface area contributed by atoms with Crippen molar-refractivity contribution in [1.29, 1.82) is 0 Å². The normalized spacial score (nSPS) is 16.2. The predicted octanol–water partition coefficient (Wildman–Crippen LogP) is 2.72. The third kappa shape index (κ3) is 4.49. The second kappa shape index (κ2) is 7.09. The van der Waals surface area contributed by atoms with Crippen LogP contribution in [0.15, 0.2) is 22.7 Å². The highest BCUT2D eigenvalue weighted by atomic mass is 79.9. The second-order valence-corrected chi connectivity index (χ2v) is 6.26. The van der Waals surface area contributed by atoms with Gasteiger partial charge in [0.2, 0.25) is 0 Å². The molecule has 1 saturated heterocycles. The minimum atomic E-state index is -0.0354. The zero-order valence-corrected chi connectivity index (χ0v) is 13.5. The Balaban J connectivity index is 2.06. The standard InChI is InChI=1S/C15H21BrN2O2/c1-10(2)20-14-8-11(7-12(16)9-14)15(19)18-13-3-5-17-6-4-13/h7-10,13,17H,3-6H2,1-2H3,(H,18,19). The van der Waals surface area contributed by atoms with Gasteiger partial charge in [-0.3, -0.25) is 4.79 Å². The molecule has 1 aromatic carbocycles. The van der Waals surface area contributed by atoms with Crippen LogP contribution in [0.25, 0.3) is 0 Å². The molecule has 5 heteroatoms. The van der Waals surface area contributed by atoms with Gasteiger partial charge in [-0.15, -0.1) is 0 Å². The Hall–Kier alpha value is -1.07. The first kappa shape index (κ1) is 15.3. The minimum absolute atomic E-state index is 0.0354. The van der Waals surface area contributed by atoms with Gasteiger partial charge in [-0.25, -0.2) is 0 Å². The number of nitrogens with one attached hydrogen (secondary N) is 2. The summed E-state index contributed by atoms with van der Waals surface area (Å²) in [4.78, 5) is 12.3. The van der Waals surface area contributed by atoms with E-state index in [2.05, 4.69) is 26.6 Å². The van der Waals surface area contributed by atoms with Crippen LogP contribution in [-0.2, 0) is 0 Å². The Morgan fingerprint density at radius 2 is 2.05 bits per heavy atom. The lowest BCUT2D eigenvalue weighted by molar-refractivity contribution is 0.0928. The van der Waals surface area contributed by atoms with Gasteiger partial charge in [0.25, 0.3) is 5.91 Å². The molecule has 2 rings (SSSR count). The van der Waals surface area contributed by atoms with Crippen LogP contribution in [0.5, 0.6) is 5.75 Å². The van der Waals surface area contributed by atoms with Crippen LogP contribution >= 0.6 is 15.9 Å². The average Bonchev–Trinajstić information content (AvgIpc) is 2.38. The van der Waals surface area contributed by atoms with Gasteiger partial charge in [-0.1, -0.05) is 15.9 Å². The van der Waals surface area contributed by atoms with E-state index in [0.717, 1.165) is 30.4 Å². The van der Waals surface area contributed by atoms with Gasteiger partial charge in [0.15, 0.2) is 0 Å². The Bertz CT molecular complexity index is 471. The van der Waals surface area contributed by atoms with E-state index in [1.807, 2.05) is 26.0 Å². The molecule has 1 amide bonds. The maximum atomic E-state index is 12.3. The van der Waals surface area contributed by atoms with Crippen molar-refractivity contribution in [2.24, 2.45) is 0 Å². The highest BCUT2D eigenvalue weighted by Crippen LogP contribution is 2.22. The van der Waals surface area contributed by atoms with Gasteiger partial charge in [0.1, 0.15) is 5.75 Å². The molecule has 0 unspecified atom stereocenters. The quantitative estimate of drug-likeness (QED) is 0.885. The molecular weight excluding hydrogens is 320 g/mol. The first-order valence-electron chi connectivity index (χ1n) is 7.03. The lowest BCUT2D eigenvalue weighted by atomic mass is 10.1. The SMILES string of the molecule is CC(C)Oc1cc(Br)cc(C(=O)NC2CCNCC2)c1. The van der Waals surface area contributed by atoms with E-state index in [0.29, 0.717) is 11.3 Å². The zero-order valence-electron chi connectivity index (χ0n) is 11.9. The molecule has 0 radical (unpaired) electrons.